The molecular weight excluding hydrogens is 224 g/mol. The maximum absolute atomic E-state index is 13.1. The summed E-state index contributed by atoms with van der Waals surface area (Å²) in [6, 6.07) is 7.29. The van der Waals surface area contributed by atoms with Crippen LogP contribution in [0.3, 0.4) is 0 Å². The van der Waals surface area contributed by atoms with Crippen LogP contribution >= 0.6 is 0 Å². The van der Waals surface area contributed by atoms with Crippen LogP contribution in [0.25, 0.3) is 0 Å². The summed E-state index contributed by atoms with van der Waals surface area (Å²) in [5.41, 5.74) is 1.55. The third kappa shape index (κ3) is 3.48. The van der Waals surface area contributed by atoms with Gasteiger partial charge < -0.3 is 10.1 Å². The summed E-state index contributed by atoms with van der Waals surface area (Å²) >= 11 is 0. The normalized spacial score (nSPS) is 21.5. The average molecular weight is 241 g/mol. The maximum atomic E-state index is 13.1. The highest BCUT2D eigenvalue weighted by Gasteiger charge is 2.26. The van der Waals surface area contributed by atoms with Crippen LogP contribution in [0.4, 0.5) is 8.78 Å². The Bertz CT molecular complexity index is 370. The monoisotopic (exact) mass is 241 g/mol. The van der Waals surface area contributed by atoms with E-state index in [1.807, 2.05) is 12.1 Å². The number of alkyl halides is 2. The van der Waals surface area contributed by atoms with Gasteiger partial charge in [0.15, 0.2) is 0 Å². The van der Waals surface area contributed by atoms with Crippen LogP contribution in [0.1, 0.15) is 24.2 Å². The molecule has 1 heterocycles. The first-order valence-electron chi connectivity index (χ1n) is 5.84. The lowest BCUT2D eigenvalue weighted by Gasteiger charge is -2.26. The Morgan fingerprint density at radius 2 is 2.18 bits per heavy atom. The number of nitrogens with one attached hydrogen (secondary N) is 1. The van der Waals surface area contributed by atoms with Crippen LogP contribution in [0.5, 0.6) is 0 Å². The highest BCUT2D eigenvalue weighted by Crippen LogP contribution is 2.27. The van der Waals surface area contributed by atoms with Gasteiger partial charge in [0, 0.05) is 19.5 Å². The van der Waals surface area contributed by atoms with Crippen molar-refractivity contribution in [2.45, 2.75) is 25.4 Å². The van der Waals surface area contributed by atoms with E-state index in [-0.39, 0.29) is 12.5 Å². The number of morpholine rings is 1. The molecule has 0 saturated carbocycles. The van der Waals surface area contributed by atoms with Gasteiger partial charge in [0.05, 0.1) is 12.7 Å². The summed E-state index contributed by atoms with van der Waals surface area (Å²) in [6.07, 6.45) is -0.342. The summed E-state index contributed by atoms with van der Waals surface area (Å²) in [4.78, 5) is 0. The van der Waals surface area contributed by atoms with Crippen molar-refractivity contribution in [3.05, 3.63) is 35.4 Å². The van der Waals surface area contributed by atoms with Crippen LogP contribution < -0.4 is 5.32 Å². The minimum absolute atomic E-state index is 0.109. The molecule has 2 nitrogen and oxygen atoms in total. The molecule has 0 bridgehead atoms. The van der Waals surface area contributed by atoms with Gasteiger partial charge in [0.2, 0.25) is 5.92 Å². The van der Waals surface area contributed by atoms with Gasteiger partial charge in [0.25, 0.3) is 0 Å². The summed E-state index contributed by atoms with van der Waals surface area (Å²) in [5.74, 6) is -2.68. The molecule has 1 aromatic rings. The van der Waals surface area contributed by atoms with Crippen molar-refractivity contribution in [1.29, 1.82) is 0 Å². The van der Waals surface area contributed by atoms with Crippen molar-refractivity contribution in [3.8, 4) is 0 Å². The van der Waals surface area contributed by atoms with Gasteiger partial charge >= 0.3 is 0 Å². The van der Waals surface area contributed by atoms with Crippen LogP contribution in [-0.4, -0.2) is 25.6 Å². The Labute approximate surface area is 100.0 Å². The Hall–Kier alpha value is -1.00. The van der Waals surface area contributed by atoms with Crippen molar-refractivity contribution < 1.29 is 13.5 Å². The van der Waals surface area contributed by atoms with Gasteiger partial charge in [-0.3, -0.25) is 0 Å². The SMILES string of the molecule is CC(F)(F)Cc1ccccc1C1CNCCO1. The van der Waals surface area contributed by atoms with Gasteiger partial charge in [-0.15, -0.1) is 0 Å². The number of rotatable bonds is 3. The number of benzene rings is 1. The molecule has 1 unspecified atom stereocenters. The standard InChI is InChI=1S/C13H17F2NO/c1-13(14,15)8-10-4-2-3-5-11(10)12-9-16-6-7-17-12/h2-5,12,16H,6-9H2,1H3. The van der Waals surface area contributed by atoms with E-state index in [0.29, 0.717) is 18.7 Å². The van der Waals surface area contributed by atoms with Gasteiger partial charge in [0.1, 0.15) is 0 Å². The zero-order chi connectivity index (χ0) is 12.3. The van der Waals surface area contributed by atoms with E-state index < -0.39 is 5.92 Å². The summed E-state index contributed by atoms with van der Waals surface area (Å²) in [5, 5.41) is 3.21. The number of hydrogen-bond acceptors (Lipinski definition) is 2. The van der Waals surface area contributed by atoms with Crippen LogP contribution in [0, 0.1) is 0 Å². The van der Waals surface area contributed by atoms with E-state index in [1.54, 1.807) is 12.1 Å². The van der Waals surface area contributed by atoms with E-state index in [1.165, 1.54) is 0 Å². The molecule has 1 aliphatic heterocycles. The molecule has 1 fully saturated rings. The third-order valence-electron chi connectivity index (χ3n) is 2.83. The van der Waals surface area contributed by atoms with Crippen molar-refractivity contribution in [1.82, 2.24) is 5.32 Å². The molecule has 1 saturated heterocycles. The Balaban J connectivity index is 2.20. The van der Waals surface area contributed by atoms with Gasteiger partial charge in [-0.25, -0.2) is 8.78 Å². The molecule has 17 heavy (non-hydrogen) atoms. The first-order chi connectivity index (χ1) is 8.06. The first-order valence-corrected chi connectivity index (χ1v) is 5.84. The Kier molecular flexibility index (Phi) is 3.74. The van der Waals surface area contributed by atoms with E-state index in [0.717, 1.165) is 19.0 Å². The lowest BCUT2D eigenvalue weighted by molar-refractivity contribution is 0.0156. The highest BCUT2D eigenvalue weighted by atomic mass is 19.3. The number of ether oxygens (including phenoxy) is 1. The number of hydrogen-bond donors (Lipinski definition) is 1. The molecule has 0 radical (unpaired) electrons. The Morgan fingerprint density at radius 3 is 2.82 bits per heavy atom. The molecule has 1 N–H and O–H groups in total. The van der Waals surface area contributed by atoms with Crippen molar-refractivity contribution in [3.63, 3.8) is 0 Å². The minimum Gasteiger partial charge on any atom is -0.371 e. The van der Waals surface area contributed by atoms with Crippen molar-refractivity contribution >= 4 is 0 Å². The van der Waals surface area contributed by atoms with Crippen molar-refractivity contribution in [2.24, 2.45) is 0 Å². The molecule has 0 spiro atoms. The second-order valence-corrected chi connectivity index (χ2v) is 4.51. The van der Waals surface area contributed by atoms with Gasteiger partial charge in [-0.1, -0.05) is 24.3 Å². The third-order valence-corrected chi connectivity index (χ3v) is 2.83. The first kappa shape index (κ1) is 12.5. The molecule has 1 atom stereocenters. The maximum Gasteiger partial charge on any atom is 0.249 e. The lowest BCUT2D eigenvalue weighted by Crippen LogP contribution is -2.34. The molecule has 0 amide bonds. The topological polar surface area (TPSA) is 21.3 Å². The lowest BCUT2D eigenvalue weighted by atomic mass is 9.97. The smallest absolute Gasteiger partial charge is 0.249 e. The zero-order valence-corrected chi connectivity index (χ0v) is 9.88. The van der Waals surface area contributed by atoms with Crippen molar-refractivity contribution in [2.75, 3.05) is 19.7 Å². The fourth-order valence-corrected chi connectivity index (χ4v) is 2.11. The fraction of sp³-hybridized carbons (Fsp3) is 0.538. The molecule has 1 aromatic carbocycles. The molecule has 94 valence electrons. The summed E-state index contributed by atoms with van der Waals surface area (Å²) in [6.45, 7) is 3.08. The van der Waals surface area contributed by atoms with Crippen LogP contribution in [-0.2, 0) is 11.2 Å². The quantitative estimate of drug-likeness (QED) is 0.878. The molecule has 0 aliphatic carbocycles. The number of halogens is 2. The Morgan fingerprint density at radius 1 is 1.41 bits per heavy atom. The van der Waals surface area contributed by atoms with E-state index in [9.17, 15) is 8.78 Å². The van der Waals surface area contributed by atoms with Crippen LogP contribution in [0.2, 0.25) is 0 Å². The summed E-state index contributed by atoms with van der Waals surface area (Å²) in [7, 11) is 0. The predicted molar refractivity (Wildman–Crippen MR) is 62.3 cm³/mol. The fourth-order valence-electron chi connectivity index (χ4n) is 2.11. The van der Waals surface area contributed by atoms with E-state index in [2.05, 4.69) is 5.32 Å². The van der Waals surface area contributed by atoms with Gasteiger partial charge in [-0.2, -0.15) is 0 Å². The minimum atomic E-state index is -2.68. The molecule has 2 rings (SSSR count). The van der Waals surface area contributed by atoms with Crippen LogP contribution in [0.15, 0.2) is 24.3 Å². The molecule has 0 aromatic heterocycles. The highest BCUT2D eigenvalue weighted by molar-refractivity contribution is 5.30. The zero-order valence-electron chi connectivity index (χ0n) is 9.88. The largest absolute Gasteiger partial charge is 0.371 e. The van der Waals surface area contributed by atoms with Gasteiger partial charge in [-0.05, 0) is 18.1 Å². The molecule has 4 heteroatoms. The predicted octanol–water partition coefficient (Wildman–Crippen LogP) is 2.55. The average Bonchev–Trinajstić information content (AvgIpc) is 2.29. The van der Waals surface area contributed by atoms with E-state index >= 15 is 0 Å². The summed E-state index contributed by atoms with van der Waals surface area (Å²) < 4.78 is 31.8. The second kappa shape index (κ2) is 5.10. The van der Waals surface area contributed by atoms with E-state index in [4.69, 9.17) is 4.74 Å². The molecule has 1 aliphatic rings. The molecular formula is C13H17F2NO. The second-order valence-electron chi connectivity index (χ2n) is 4.51.